The number of hydrogen-bond donors (Lipinski definition) is 1. The van der Waals surface area contributed by atoms with Gasteiger partial charge in [-0.15, -0.1) is 0 Å². The molecule has 0 spiro atoms. The lowest BCUT2D eigenvalue weighted by atomic mass is 9.94. The molecule has 0 aromatic heterocycles. The summed E-state index contributed by atoms with van der Waals surface area (Å²) in [7, 11) is 0. The first-order chi connectivity index (χ1) is 5.45. The van der Waals surface area contributed by atoms with Gasteiger partial charge in [0.2, 0.25) is 0 Å². The van der Waals surface area contributed by atoms with E-state index in [9.17, 15) is 0 Å². The van der Waals surface area contributed by atoms with E-state index in [0.29, 0.717) is 0 Å². The summed E-state index contributed by atoms with van der Waals surface area (Å²) in [5.74, 6) is 0. The van der Waals surface area contributed by atoms with Gasteiger partial charge < -0.3 is 5.32 Å². The Balaban J connectivity index is 1.75. The van der Waals surface area contributed by atoms with Crippen LogP contribution >= 0.6 is 0 Å². The van der Waals surface area contributed by atoms with Crippen LogP contribution in [0.1, 0.15) is 44.9 Å². The predicted molar refractivity (Wildman–Crippen MR) is 47.3 cm³/mol. The van der Waals surface area contributed by atoms with Crippen LogP contribution in [0.5, 0.6) is 0 Å². The van der Waals surface area contributed by atoms with Gasteiger partial charge in [-0.1, -0.05) is 25.3 Å². The van der Waals surface area contributed by atoms with Gasteiger partial charge in [0.1, 0.15) is 0 Å². The van der Waals surface area contributed by atoms with Crippen molar-refractivity contribution in [3.05, 3.63) is 11.8 Å². The Labute approximate surface area is 68.9 Å². The fourth-order valence-corrected chi connectivity index (χ4v) is 1.93. The predicted octanol–water partition coefficient (Wildman–Crippen LogP) is 2.59. The Bertz CT molecular complexity index is 154. The summed E-state index contributed by atoms with van der Waals surface area (Å²) in [4.78, 5) is 0. The Morgan fingerprint density at radius 2 is 1.91 bits per heavy atom. The fraction of sp³-hybridized carbons (Fsp3) is 0.800. The van der Waals surface area contributed by atoms with Gasteiger partial charge in [0.05, 0.1) is 0 Å². The first-order valence-corrected chi connectivity index (χ1v) is 4.91. The van der Waals surface area contributed by atoms with Crippen molar-refractivity contribution in [3.63, 3.8) is 0 Å². The molecule has 0 bridgehead atoms. The lowest BCUT2D eigenvalue weighted by molar-refractivity contribution is 0.388. The molecule has 62 valence electrons. The zero-order chi connectivity index (χ0) is 7.52. The maximum Gasteiger partial charge on any atom is 0.0258 e. The maximum absolute atomic E-state index is 3.62. The molecule has 0 heterocycles. The summed E-state index contributed by atoms with van der Waals surface area (Å²) in [6.07, 6.45) is 12.1. The Morgan fingerprint density at radius 1 is 1.18 bits per heavy atom. The van der Waals surface area contributed by atoms with Crippen LogP contribution in [0.4, 0.5) is 0 Å². The molecule has 0 saturated heterocycles. The van der Waals surface area contributed by atoms with Crippen LogP contribution in [-0.2, 0) is 0 Å². The molecule has 1 nitrogen and oxygen atoms in total. The molecule has 0 atom stereocenters. The van der Waals surface area contributed by atoms with Crippen molar-refractivity contribution >= 4 is 0 Å². The van der Waals surface area contributed by atoms with Gasteiger partial charge in [0.15, 0.2) is 0 Å². The fourth-order valence-electron chi connectivity index (χ4n) is 1.93. The van der Waals surface area contributed by atoms with Crippen LogP contribution in [0, 0.1) is 0 Å². The standard InChI is InChI=1S/C10H17N/c1-2-5-9(6-3-1)11-10-7-4-8-10/h7,9,11H,1-6,8H2. The van der Waals surface area contributed by atoms with Gasteiger partial charge in [-0.25, -0.2) is 0 Å². The molecule has 1 heteroatoms. The first kappa shape index (κ1) is 7.20. The lowest BCUT2D eigenvalue weighted by Gasteiger charge is -2.27. The Hall–Kier alpha value is -0.460. The van der Waals surface area contributed by atoms with E-state index in [2.05, 4.69) is 11.4 Å². The maximum atomic E-state index is 3.62. The molecule has 0 aromatic rings. The van der Waals surface area contributed by atoms with E-state index < -0.39 is 0 Å². The third-order valence-corrected chi connectivity index (χ3v) is 2.80. The summed E-state index contributed by atoms with van der Waals surface area (Å²) in [5.41, 5.74) is 1.51. The van der Waals surface area contributed by atoms with Gasteiger partial charge in [0, 0.05) is 11.7 Å². The molecule has 1 N–H and O–H groups in total. The van der Waals surface area contributed by atoms with Crippen molar-refractivity contribution in [1.29, 1.82) is 0 Å². The van der Waals surface area contributed by atoms with Crippen LogP contribution in [0.2, 0.25) is 0 Å². The second kappa shape index (κ2) is 3.29. The Morgan fingerprint density at radius 3 is 2.45 bits per heavy atom. The van der Waals surface area contributed by atoms with E-state index in [0.717, 1.165) is 6.04 Å². The molecule has 0 radical (unpaired) electrons. The molecule has 11 heavy (non-hydrogen) atoms. The lowest BCUT2D eigenvalue weighted by Crippen LogP contribution is -2.31. The van der Waals surface area contributed by atoms with Crippen LogP contribution in [0.15, 0.2) is 11.8 Å². The molecule has 1 saturated carbocycles. The molecular weight excluding hydrogens is 134 g/mol. The zero-order valence-electron chi connectivity index (χ0n) is 7.10. The molecule has 2 aliphatic rings. The third kappa shape index (κ3) is 1.76. The first-order valence-electron chi connectivity index (χ1n) is 4.91. The van der Waals surface area contributed by atoms with Crippen LogP contribution in [0.3, 0.4) is 0 Å². The van der Waals surface area contributed by atoms with E-state index in [4.69, 9.17) is 0 Å². The van der Waals surface area contributed by atoms with E-state index in [-0.39, 0.29) is 0 Å². The number of allylic oxidation sites excluding steroid dienone is 2. The van der Waals surface area contributed by atoms with Crippen molar-refractivity contribution in [2.75, 3.05) is 0 Å². The summed E-state index contributed by atoms with van der Waals surface area (Å²) >= 11 is 0. The van der Waals surface area contributed by atoms with Gasteiger partial charge >= 0.3 is 0 Å². The summed E-state index contributed by atoms with van der Waals surface area (Å²) in [6, 6.07) is 0.815. The highest BCUT2D eigenvalue weighted by atomic mass is 14.9. The minimum absolute atomic E-state index is 0.815. The topological polar surface area (TPSA) is 12.0 Å². The van der Waals surface area contributed by atoms with E-state index in [1.54, 1.807) is 0 Å². The van der Waals surface area contributed by atoms with Crippen molar-refractivity contribution < 1.29 is 0 Å². The monoisotopic (exact) mass is 151 g/mol. The highest BCUT2D eigenvalue weighted by Gasteiger charge is 2.15. The molecule has 0 amide bonds. The van der Waals surface area contributed by atoms with Gasteiger partial charge in [-0.2, -0.15) is 0 Å². The molecular formula is C10H17N. The minimum Gasteiger partial charge on any atom is -0.386 e. The van der Waals surface area contributed by atoms with Crippen LogP contribution in [-0.4, -0.2) is 6.04 Å². The molecule has 0 aromatic carbocycles. The molecule has 1 fully saturated rings. The summed E-state index contributed by atoms with van der Waals surface area (Å²) in [6.45, 7) is 0. The second-order valence-electron chi connectivity index (χ2n) is 3.75. The van der Waals surface area contributed by atoms with E-state index in [1.807, 2.05) is 0 Å². The summed E-state index contributed by atoms with van der Waals surface area (Å²) < 4.78 is 0. The number of hydrogen-bond acceptors (Lipinski definition) is 1. The van der Waals surface area contributed by atoms with Crippen LogP contribution in [0.25, 0.3) is 0 Å². The van der Waals surface area contributed by atoms with Crippen molar-refractivity contribution in [3.8, 4) is 0 Å². The summed E-state index contributed by atoms with van der Waals surface area (Å²) in [5, 5.41) is 3.62. The number of nitrogens with one attached hydrogen (secondary N) is 1. The quantitative estimate of drug-likeness (QED) is 0.639. The average Bonchev–Trinajstić information content (AvgIpc) is 1.99. The average molecular weight is 151 g/mol. The van der Waals surface area contributed by atoms with Gasteiger partial charge in [-0.3, -0.25) is 0 Å². The third-order valence-electron chi connectivity index (χ3n) is 2.80. The normalized spacial score (nSPS) is 25.6. The highest BCUT2D eigenvalue weighted by Crippen LogP contribution is 2.22. The Kier molecular flexibility index (Phi) is 2.16. The van der Waals surface area contributed by atoms with Gasteiger partial charge in [0.25, 0.3) is 0 Å². The molecule has 2 rings (SSSR count). The smallest absolute Gasteiger partial charge is 0.0258 e. The second-order valence-corrected chi connectivity index (χ2v) is 3.75. The van der Waals surface area contributed by atoms with E-state index in [1.165, 1.54) is 50.6 Å². The van der Waals surface area contributed by atoms with Crippen LogP contribution < -0.4 is 5.32 Å². The number of rotatable bonds is 2. The highest BCUT2D eigenvalue weighted by molar-refractivity contribution is 5.10. The SMILES string of the molecule is C1=C(NC2CCCCC2)CC1. The van der Waals surface area contributed by atoms with Crippen molar-refractivity contribution in [1.82, 2.24) is 5.32 Å². The van der Waals surface area contributed by atoms with Crippen molar-refractivity contribution in [2.24, 2.45) is 0 Å². The largest absolute Gasteiger partial charge is 0.386 e. The van der Waals surface area contributed by atoms with Gasteiger partial charge in [-0.05, 0) is 25.7 Å². The van der Waals surface area contributed by atoms with E-state index >= 15 is 0 Å². The zero-order valence-corrected chi connectivity index (χ0v) is 7.10. The van der Waals surface area contributed by atoms with Crippen molar-refractivity contribution in [2.45, 2.75) is 51.0 Å². The molecule has 0 unspecified atom stereocenters. The minimum atomic E-state index is 0.815. The molecule has 2 aliphatic carbocycles. The molecule has 0 aliphatic heterocycles.